The highest BCUT2D eigenvalue weighted by molar-refractivity contribution is 7.99. The lowest BCUT2D eigenvalue weighted by Gasteiger charge is -2.16. The molecule has 1 aliphatic heterocycles. The predicted molar refractivity (Wildman–Crippen MR) is 79.0 cm³/mol. The van der Waals surface area contributed by atoms with E-state index in [1.807, 2.05) is 6.26 Å². The predicted octanol–water partition coefficient (Wildman–Crippen LogP) is 3.25. The number of hydrogen-bond donors (Lipinski definition) is 1. The molecule has 1 saturated carbocycles. The summed E-state index contributed by atoms with van der Waals surface area (Å²) in [4.78, 5) is 16.5. The highest BCUT2D eigenvalue weighted by Crippen LogP contribution is 2.47. The van der Waals surface area contributed by atoms with Crippen LogP contribution in [0, 0.1) is 5.92 Å². The maximum atomic E-state index is 12.2. The SMILES string of the molecule is CSc1c(N2CCCC2)sc(C(=O)C2CC2)c1N. The van der Waals surface area contributed by atoms with Crippen LogP contribution in [0.4, 0.5) is 10.7 Å². The summed E-state index contributed by atoms with van der Waals surface area (Å²) in [5.74, 6) is 0.533. The number of ketones is 1. The Morgan fingerprint density at radius 1 is 1.39 bits per heavy atom. The van der Waals surface area contributed by atoms with Gasteiger partial charge >= 0.3 is 0 Å². The fourth-order valence-corrected chi connectivity index (χ4v) is 4.71. The summed E-state index contributed by atoms with van der Waals surface area (Å²) in [5, 5.41) is 1.22. The van der Waals surface area contributed by atoms with Crippen LogP contribution < -0.4 is 10.6 Å². The molecule has 0 radical (unpaired) electrons. The molecule has 0 amide bonds. The van der Waals surface area contributed by atoms with Crippen LogP contribution in [0.2, 0.25) is 0 Å². The van der Waals surface area contributed by atoms with Crippen LogP contribution in [0.1, 0.15) is 35.4 Å². The summed E-state index contributed by atoms with van der Waals surface area (Å²) in [6.07, 6.45) is 6.63. The molecule has 0 unspecified atom stereocenters. The molecular weight excluding hydrogens is 264 g/mol. The van der Waals surface area contributed by atoms with Gasteiger partial charge in [0.2, 0.25) is 0 Å². The molecule has 2 aliphatic rings. The van der Waals surface area contributed by atoms with Gasteiger partial charge in [-0.3, -0.25) is 4.79 Å². The van der Waals surface area contributed by atoms with Gasteiger partial charge in [-0.05, 0) is 31.9 Å². The summed E-state index contributed by atoms with van der Waals surface area (Å²) in [7, 11) is 0. The van der Waals surface area contributed by atoms with Gasteiger partial charge in [-0.2, -0.15) is 0 Å². The molecule has 2 N–H and O–H groups in total. The highest BCUT2D eigenvalue weighted by atomic mass is 32.2. The monoisotopic (exact) mass is 282 g/mol. The molecular formula is C13H18N2OS2. The molecule has 1 aliphatic carbocycles. The fraction of sp³-hybridized carbons (Fsp3) is 0.615. The normalized spacial score (nSPS) is 19.5. The van der Waals surface area contributed by atoms with Gasteiger partial charge in [-0.15, -0.1) is 23.1 Å². The van der Waals surface area contributed by atoms with Crippen molar-refractivity contribution in [3.63, 3.8) is 0 Å². The van der Waals surface area contributed by atoms with Crippen molar-refractivity contribution >= 4 is 39.6 Å². The third-order valence-corrected chi connectivity index (χ3v) is 5.88. The van der Waals surface area contributed by atoms with E-state index < -0.39 is 0 Å². The van der Waals surface area contributed by atoms with Crippen LogP contribution in [0.25, 0.3) is 0 Å². The fourth-order valence-electron chi connectivity index (χ4n) is 2.46. The Balaban J connectivity index is 1.97. The lowest BCUT2D eigenvalue weighted by Crippen LogP contribution is -2.16. The minimum Gasteiger partial charge on any atom is -0.396 e. The van der Waals surface area contributed by atoms with Crippen LogP contribution in [0.3, 0.4) is 0 Å². The van der Waals surface area contributed by atoms with Crippen molar-refractivity contribution in [3.8, 4) is 0 Å². The molecule has 98 valence electrons. The molecule has 3 rings (SSSR count). The first-order chi connectivity index (χ1) is 8.72. The van der Waals surface area contributed by atoms with E-state index in [-0.39, 0.29) is 11.7 Å². The van der Waals surface area contributed by atoms with Crippen LogP contribution in [-0.2, 0) is 0 Å². The number of nitrogen functional groups attached to an aromatic ring is 1. The second-order valence-corrected chi connectivity index (χ2v) is 6.83. The molecule has 18 heavy (non-hydrogen) atoms. The van der Waals surface area contributed by atoms with E-state index in [1.54, 1.807) is 23.1 Å². The van der Waals surface area contributed by atoms with Crippen molar-refractivity contribution in [1.82, 2.24) is 0 Å². The summed E-state index contributed by atoms with van der Waals surface area (Å²) in [5.41, 5.74) is 6.92. The van der Waals surface area contributed by atoms with Gasteiger partial charge in [0.1, 0.15) is 5.00 Å². The van der Waals surface area contributed by atoms with E-state index >= 15 is 0 Å². The number of nitrogens with zero attached hydrogens (tertiary/aromatic N) is 1. The zero-order valence-corrected chi connectivity index (χ0v) is 12.2. The van der Waals surface area contributed by atoms with Crippen LogP contribution in [-0.4, -0.2) is 25.1 Å². The molecule has 0 aromatic carbocycles. The van der Waals surface area contributed by atoms with Crippen molar-refractivity contribution < 1.29 is 4.79 Å². The first-order valence-corrected chi connectivity index (χ1v) is 8.52. The summed E-state index contributed by atoms with van der Waals surface area (Å²) in [6, 6.07) is 0. The number of Topliss-reactive ketones (excluding diaryl/α,β-unsaturated/α-hetero) is 1. The second-order valence-electron chi connectivity index (χ2n) is 5.02. The molecule has 2 fully saturated rings. The molecule has 0 bridgehead atoms. The van der Waals surface area contributed by atoms with Gasteiger partial charge in [0.15, 0.2) is 5.78 Å². The number of thioether (sulfide) groups is 1. The van der Waals surface area contributed by atoms with Crippen molar-refractivity contribution in [2.24, 2.45) is 5.92 Å². The largest absolute Gasteiger partial charge is 0.396 e. The number of rotatable bonds is 4. The zero-order valence-electron chi connectivity index (χ0n) is 10.6. The van der Waals surface area contributed by atoms with Crippen molar-refractivity contribution in [3.05, 3.63) is 4.88 Å². The number of thiophene rings is 1. The maximum absolute atomic E-state index is 12.2. The first kappa shape index (κ1) is 12.4. The van der Waals surface area contributed by atoms with Crippen molar-refractivity contribution in [2.75, 3.05) is 30.0 Å². The van der Waals surface area contributed by atoms with Crippen molar-refractivity contribution in [1.29, 1.82) is 0 Å². The lowest BCUT2D eigenvalue weighted by molar-refractivity contribution is 0.0972. The first-order valence-electron chi connectivity index (χ1n) is 6.47. The van der Waals surface area contributed by atoms with E-state index in [2.05, 4.69) is 4.90 Å². The summed E-state index contributed by atoms with van der Waals surface area (Å²) < 4.78 is 0. The van der Waals surface area contributed by atoms with Crippen LogP contribution >= 0.6 is 23.1 Å². The van der Waals surface area contributed by atoms with E-state index in [9.17, 15) is 4.79 Å². The molecule has 0 spiro atoms. The number of carbonyl (C=O) groups excluding carboxylic acids is 1. The van der Waals surface area contributed by atoms with Gasteiger partial charge < -0.3 is 10.6 Å². The van der Waals surface area contributed by atoms with Gasteiger partial charge in [0.25, 0.3) is 0 Å². The highest BCUT2D eigenvalue weighted by Gasteiger charge is 2.34. The Bertz CT molecular complexity index is 474. The number of hydrogen-bond acceptors (Lipinski definition) is 5. The van der Waals surface area contributed by atoms with Crippen LogP contribution in [0.5, 0.6) is 0 Å². The molecule has 2 heterocycles. The van der Waals surface area contributed by atoms with E-state index in [4.69, 9.17) is 5.73 Å². The third-order valence-electron chi connectivity index (χ3n) is 3.65. The van der Waals surface area contributed by atoms with Gasteiger partial charge in [0, 0.05) is 19.0 Å². The molecule has 1 aromatic rings. The third kappa shape index (κ3) is 2.03. The van der Waals surface area contributed by atoms with E-state index in [1.165, 1.54) is 17.8 Å². The second kappa shape index (κ2) is 4.78. The smallest absolute Gasteiger partial charge is 0.178 e. The molecule has 1 saturated heterocycles. The standard InChI is InChI=1S/C13H18N2OS2/c1-17-12-9(14)11(10(16)8-4-5-8)18-13(12)15-6-2-3-7-15/h8H,2-7,14H2,1H3. The Hall–Kier alpha value is -0.680. The van der Waals surface area contributed by atoms with Gasteiger partial charge in [-0.25, -0.2) is 0 Å². The Morgan fingerprint density at radius 2 is 2.06 bits per heavy atom. The van der Waals surface area contributed by atoms with E-state index in [0.717, 1.165) is 41.4 Å². The van der Waals surface area contributed by atoms with Gasteiger partial charge in [0.05, 0.1) is 15.5 Å². The zero-order chi connectivity index (χ0) is 12.7. The lowest BCUT2D eigenvalue weighted by atomic mass is 10.2. The average Bonchev–Trinajstić information content (AvgIpc) is 2.97. The van der Waals surface area contributed by atoms with Crippen molar-refractivity contribution in [2.45, 2.75) is 30.6 Å². The Labute approximate surface area is 116 Å². The number of nitrogens with two attached hydrogens (primary N) is 1. The quantitative estimate of drug-likeness (QED) is 0.680. The Kier molecular flexibility index (Phi) is 3.28. The Morgan fingerprint density at radius 3 is 2.61 bits per heavy atom. The maximum Gasteiger partial charge on any atom is 0.178 e. The summed E-state index contributed by atoms with van der Waals surface area (Å²) in [6.45, 7) is 2.20. The molecule has 0 atom stereocenters. The minimum absolute atomic E-state index is 0.257. The average molecular weight is 282 g/mol. The number of carbonyl (C=O) groups is 1. The van der Waals surface area contributed by atoms with Crippen LogP contribution in [0.15, 0.2) is 4.90 Å². The molecule has 1 aromatic heterocycles. The molecule has 3 nitrogen and oxygen atoms in total. The van der Waals surface area contributed by atoms with E-state index in [0.29, 0.717) is 0 Å². The van der Waals surface area contributed by atoms with Gasteiger partial charge in [-0.1, -0.05) is 0 Å². The minimum atomic E-state index is 0.257. The topological polar surface area (TPSA) is 46.3 Å². The molecule has 5 heteroatoms. The summed E-state index contributed by atoms with van der Waals surface area (Å²) >= 11 is 3.29. The number of anilines is 2.